The lowest BCUT2D eigenvalue weighted by Crippen LogP contribution is -2.28. The Hall–Kier alpha value is 0.650. The predicted octanol–water partition coefficient (Wildman–Crippen LogP) is 3.70. The Labute approximate surface area is 137 Å². The van der Waals surface area contributed by atoms with Crippen molar-refractivity contribution in [3.05, 3.63) is 61.2 Å². The molecular weight excluding hydrogens is 370 g/mol. The molecule has 2 rings (SSSR count). The highest BCUT2D eigenvalue weighted by molar-refractivity contribution is 9.19. The summed E-state index contributed by atoms with van der Waals surface area (Å²) in [6, 6.07) is 11.7. The van der Waals surface area contributed by atoms with E-state index in [1.807, 2.05) is 69.9 Å². The average Bonchev–Trinajstić information content (AvgIpc) is 2.40. The molecule has 0 amide bonds. The first-order valence-electron chi connectivity index (χ1n) is 5.23. The van der Waals surface area contributed by atoms with Crippen LogP contribution in [0.3, 0.4) is 0 Å². The molecule has 0 N–H and O–H groups in total. The smallest absolute Gasteiger partial charge is 0.169 e. The van der Waals surface area contributed by atoms with Gasteiger partial charge >= 0.3 is 9.18 Å². The van der Waals surface area contributed by atoms with Gasteiger partial charge in [-0.1, -0.05) is 36.6 Å². The SMILES string of the molecule is S=P(S)(SP(=S)(S)[n+]1ccccc1)[n+]1ccccc1. The first kappa shape index (κ1) is 16.0. The average molecular weight is 383 g/mol. The van der Waals surface area contributed by atoms with Crippen molar-refractivity contribution in [2.45, 2.75) is 0 Å². The van der Waals surface area contributed by atoms with Crippen LogP contribution in [0.1, 0.15) is 0 Å². The van der Waals surface area contributed by atoms with Gasteiger partial charge in [0.1, 0.15) is 0 Å². The van der Waals surface area contributed by atoms with Crippen LogP contribution in [-0.4, -0.2) is 0 Å². The third-order valence-electron chi connectivity index (χ3n) is 2.20. The lowest BCUT2D eigenvalue weighted by atomic mass is 10.5. The Balaban J connectivity index is 2.31. The van der Waals surface area contributed by atoms with Crippen molar-refractivity contribution >= 4 is 68.3 Å². The van der Waals surface area contributed by atoms with Crippen molar-refractivity contribution in [1.29, 1.82) is 0 Å². The maximum atomic E-state index is 5.66. The highest BCUT2D eigenvalue weighted by Gasteiger charge is 2.37. The van der Waals surface area contributed by atoms with Crippen LogP contribution in [0.15, 0.2) is 61.2 Å². The lowest BCUT2D eigenvalue weighted by molar-refractivity contribution is -0.506. The minimum absolute atomic E-state index is 1.52. The van der Waals surface area contributed by atoms with Crippen LogP contribution in [0.5, 0.6) is 0 Å². The van der Waals surface area contributed by atoms with E-state index < -0.39 is 9.18 Å². The van der Waals surface area contributed by atoms with Crippen molar-refractivity contribution < 1.29 is 8.68 Å². The van der Waals surface area contributed by atoms with Gasteiger partial charge in [-0.05, 0) is 23.6 Å². The molecular formula is C10H12N2P2S5+2. The number of hydrogen-bond donors (Lipinski definition) is 2. The Morgan fingerprint density at radius 2 is 1.00 bits per heavy atom. The van der Waals surface area contributed by atoms with Crippen LogP contribution in [0.2, 0.25) is 0 Å². The van der Waals surface area contributed by atoms with E-state index in [1.54, 1.807) is 0 Å². The summed E-state index contributed by atoms with van der Waals surface area (Å²) in [6.07, 6.45) is 7.72. The van der Waals surface area contributed by atoms with E-state index in [0.29, 0.717) is 0 Å². The molecule has 0 aromatic carbocycles. The zero-order valence-corrected chi connectivity index (χ0v) is 15.7. The van der Waals surface area contributed by atoms with Gasteiger partial charge in [-0.3, -0.25) is 0 Å². The highest BCUT2D eigenvalue weighted by atomic mass is 33.5. The molecule has 2 aromatic heterocycles. The van der Waals surface area contributed by atoms with E-state index in [9.17, 15) is 0 Å². The summed E-state index contributed by atoms with van der Waals surface area (Å²) in [4.78, 5) is 0. The molecule has 19 heavy (non-hydrogen) atoms. The molecule has 2 heterocycles. The van der Waals surface area contributed by atoms with E-state index in [-0.39, 0.29) is 0 Å². The molecule has 100 valence electrons. The predicted molar refractivity (Wildman–Crippen MR) is 98.2 cm³/mol. The standard InChI is InChI=1S/C10H10N2P2S5/c15-13(16,11-7-3-1-4-8-11)19-14(17,18)12-9-5-2-6-10-12/h1-10H/p+2. The van der Waals surface area contributed by atoms with Crippen LogP contribution in [0.4, 0.5) is 0 Å². The molecule has 2 unspecified atom stereocenters. The first-order valence-corrected chi connectivity index (χ1v) is 15.1. The van der Waals surface area contributed by atoms with Crippen LogP contribution >= 0.6 is 44.7 Å². The van der Waals surface area contributed by atoms with Crippen LogP contribution in [0, 0.1) is 0 Å². The molecule has 0 spiro atoms. The van der Waals surface area contributed by atoms with Crippen LogP contribution in [0.25, 0.3) is 0 Å². The molecule has 2 atom stereocenters. The molecule has 0 aliphatic carbocycles. The van der Waals surface area contributed by atoms with Gasteiger partial charge in [0.2, 0.25) is 0 Å². The second-order valence-electron chi connectivity index (χ2n) is 3.57. The summed E-state index contributed by atoms with van der Waals surface area (Å²) < 4.78 is -0.335. The quantitative estimate of drug-likeness (QED) is 0.616. The van der Waals surface area contributed by atoms with Crippen LogP contribution < -0.4 is 8.68 Å². The van der Waals surface area contributed by atoms with E-state index in [4.69, 9.17) is 23.6 Å². The zero-order chi connectivity index (χ0) is 13.9. The molecule has 0 fully saturated rings. The fourth-order valence-electron chi connectivity index (χ4n) is 1.34. The third-order valence-corrected chi connectivity index (χ3v) is 20.5. The summed E-state index contributed by atoms with van der Waals surface area (Å²) in [5.41, 5.74) is 0. The van der Waals surface area contributed by atoms with Gasteiger partial charge in [0.25, 0.3) is 0 Å². The van der Waals surface area contributed by atoms with Crippen molar-refractivity contribution in [2.24, 2.45) is 0 Å². The van der Waals surface area contributed by atoms with E-state index in [0.717, 1.165) is 0 Å². The van der Waals surface area contributed by atoms with Gasteiger partial charge in [-0.25, -0.2) is 0 Å². The number of pyridine rings is 2. The summed E-state index contributed by atoms with van der Waals surface area (Å²) in [5.74, 6) is 0. The highest BCUT2D eigenvalue weighted by Crippen LogP contribution is 2.77. The summed E-state index contributed by atoms with van der Waals surface area (Å²) in [6.45, 7) is 0. The van der Waals surface area contributed by atoms with Crippen molar-refractivity contribution in [3.63, 3.8) is 0 Å². The molecule has 2 nitrogen and oxygen atoms in total. The van der Waals surface area contributed by atoms with Gasteiger partial charge in [0.15, 0.2) is 24.8 Å². The van der Waals surface area contributed by atoms with E-state index in [1.165, 1.54) is 11.0 Å². The number of thiol groups is 2. The Kier molecular flexibility index (Phi) is 5.58. The molecule has 0 saturated carbocycles. The number of rotatable bonds is 4. The maximum absolute atomic E-state index is 5.66. The Morgan fingerprint density at radius 1 is 0.684 bits per heavy atom. The molecule has 0 saturated heterocycles. The summed E-state index contributed by atoms with van der Waals surface area (Å²) in [7, 11) is 0. The summed E-state index contributed by atoms with van der Waals surface area (Å²) >= 11 is 22.2. The maximum Gasteiger partial charge on any atom is 0.309 e. The van der Waals surface area contributed by atoms with Gasteiger partial charge in [-0.15, -0.1) is 0 Å². The second kappa shape index (κ2) is 6.61. The molecule has 0 bridgehead atoms. The van der Waals surface area contributed by atoms with Crippen molar-refractivity contribution in [3.8, 4) is 0 Å². The van der Waals surface area contributed by atoms with E-state index in [2.05, 4.69) is 24.5 Å². The molecule has 2 aromatic rings. The second-order valence-corrected chi connectivity index (χ2v) is 23.0. The fourth-order valence-corrected chi connectivity index (χ4v) is 26.4. The third kappa shape index (κ3) is 4.31. The molecule has 0 aliphatic heterocycles. The zero-order valence-electron chi connectivity index (χ0n) is 9.68. The number of aromatic nitrogens is 2. The van der Waals surface area contributed by atoms with Gasteiger partial charge < -0.3 is 0 Å². The Morgan fingerprint density at radius 3 is 1.32 bits per heavy atom. The minimum atomic E-state index is -2.12. The molecule has 9 heteroatoms. The van der Waals surface area contributed by atoms with Gasteiger partial charge in [-0.2, -0.15) is 8.68 Å². The minimum Gasteiger partial charge on any atom is -0.169 e. The number of nitrogens with zero attached hydrogens (tertiary/aromatic N) is 2. The van der Waals surface area contributed by atoms with Gasteiger partial charge in [0.05, 0.1) is 11.0 Å². The van der Waals surface area contributed by atoms with E-state index >= 15 is 0 Å². The monoisotopic (exact) mass is 382 g/mol. The summed E-state index contributed by atoms with van der Waals surface area (Å²) in [5, 5.41) is 0. The largest absolute Gasteiger partial charge is 0.309 e. The lowest BCUT2D eigenvalue weighted by Gasteiger charge is -2.13. The molecule has 0 aliphatic rings. The van der Waals surface area contributed by atoms with Crippen molar-refractivity contribution in [1.82, 2.24) is 0 Å². The topological polar surface area (TPSA) is 7.76 Å². The van der Waals surface area contributed by atoms with Gasteiger partial charge in [0, 0.05) is 24.3 Å². The molecule has 0 radical (unpaired) electrons. The number of hydrogen-bond acceptors (Lipinski definition) is 3. The van der Waals surface area contributed by atoms with Crippen molar-refractivity contribution in [2.75, 3.05) is 0 Å². The first-order chi connectivity index (χ1) is 8.92. The van der Waals surface area contributed by atoms with Crippen LogP contribution in [-0.2, 0) is 23.6 Å². The normalized spacial score (nSPS) is 17.4. The Bertz CT molecular complexity index is 592. The fraction of sp³-hybridized carbons (Fsp3) is 0.